The Balaban J connectivity index is 1.25. The Bertz CT molecular complexity index is 1480. The number of amides is 2. The summed E-state index contributed by atoms with van der Waals surface area (Å²) < 4.78 is 9.70. The predicted octanol–water partition coefficient (Wildman–Crippen LogP) is 3.68. The lowest BCUT2D eigenvalue weighted by Gasteiger charge is -2.17. The maximum Gasteiger partial charge on any atom is 0.408 e. The Labute approximate surface area is 234 Å². The van der Waals surface area contributed by atoms with Gasteiger partial charge in [-0.2, -0.15) is 0 Å². The second kappa shape index (κ2) is 13.9. The van der Waals surface area contributed by atoms with Crippen molar-refractivity contribution in [1.82, 2.24) is 25.9 Å². The summed E-state index contributed by atoms with van der Waals surface area (Å²) in [6.07, 6.45) is -0.418. The Morgan fingerprint density at radius 2 is 1.77 bits per heavy atom. The predicted molar refractivity (Wildman–Crippen MR) is 149 cm³/mol. The number of imidazole rings is 1. The summed E-state index contributed by atoms with van der Waals surface area (Å²) in [7, 11) is 0. The normalized spacial score (nSPS) is 11.4. The van der Waals surface area contributed by atoms with Gasteiger partial charge < -0.3 is 30.4 Å². The molecule has 11 nitrogen and oxygen atoms in total. The molecule has 206 valence electrons. The van der Waals surface area contributed by atoms with Crippen molar-refractivity contribution in [3.05, 3.63) is 100 Å². The molecule has 0 aliphatic carbocycles. The van der Waals surface area contributed by atoms with E-state index >= 15 is 0 Å². The maximum absolute atomic E-state index is 12.7. The van der Waals surface area contributed by atoms with E-state index in [-0.39, 0.29) is 13.2 Å². The van der Waals surface area contributed by atoms with Crippen LogP contribution in [0.3, 0.4) is 0 Å². The first-order valence-electron chi connectivity index (χ1n) is 12.3. The van der Waals surface area contributed by atoms with Crippen molar-refractivity contribution in [3.8, 4) is 0 Å². The SMILES string of the molecule is N=COC(=O)[C@H](CNC(=O)c1ccc(CNCc2nc3cc(Cl)ccc3[nH]2)cc1)NC(=O)OCc1ccccc1. The number of H-pyrrole nitrogens is 1. The van der Waals surface area contributed by atoms with Gasteiger partial charge in [0.1, 0.15) is 18.5 Å². The van der Waals surface area contributed by atoms with Crippen molar-refractivity contribution >= 4 is 47.0 Å². The van der Waals surface area contributed by atoms with Crippen LogP contribution in [0.1, 0.15) is 27.3 Å². The fraction of sp³-hybridized carbons (Fsp3) is 0.179. The van der Waals surface area contributed by atoms with Crippen LogP contribution in [0.4, 0.5) is 4.79 Å². The van der Waals surface area contributed by atoms with Crippen LogP contribution >= 0.6 is 11.6 Å². The van der Waals surface area contributed by atoms with Crippen LogP contribution < -0.4 is 16.0 Å². The van der Waals surface area contributed by atoms with E-state index < -0.39 is 24.0 Å². The molecule has 4 aromatic rings. The number of carbonyl (C=O) groups is 3. The fourth-order valence-electron chi connectivity index (χ4n) is 3.75. The number of nitrogens with one attached hydrogen (secondary N) is 5. The van der Waals surface area contributed by atoms with Gasteiger partial charge in [0.25, 0.3) is 5.91 Å². The minimum atomic E-state index is -1.26. The zero-order chi connectivity index (χ0) is 28.3. The number of ether oxygens (including phenoxy) is 2. The van der Waals surface area contributed by atoms with Gasteiger partial charge in [0.2, 0.25) is 0 Å². The van der Waals surface area contributed by atoms with Gasteiger partial charge in [-0.25, -0.2) is 14.6 Å². The van der Waals surface area contributed by atoms with E-state index in [1.807, 2.05) is 12.1 Å². The summed E-state index contributed by atoms with van der Waals surface area (Å²) in [4.78, 5) is 44.8. The van der Waals surface area contributed by atoms with Gasteiger partial charge in [0.05, 0.1) is 17.6 Å². The highest BCUT2D eigenvalue weighted by molar-refractivity contribution is 6.31. The molecule has 1 atom stereocenters. The second-order valence-electron chi connectivity index (χ2n) is 8.67. The molecular formula is C28H27ClN6O5. The molecule has 0 saturated carbocycles. The lowest BCUT2D eigenvalue weighted by Crippen LogP contribution is -2.49. The number of carbonyl (C=O) groups excluding carboxylic acids is 3. The van der Waals surface area contributed by atoms with E-state index in [1.54, 1.807) is 60.7 Å². The number of aromatic nitrogens is 2. The molecule has 0 aliphatic heterocycles. The van der Waals surface area contributed by atoms with Gasteiger partial charge >= 0.3 is 12.1 Å². The molecule has 1 aromatic heterocycles. The monoisotopic (exact) mass is 562 g/mol. The summed E-state index contributed by atoms with van der Waals surface area (Å²) in [6, 6.07) is 20.2. The molecule has 0 aliphatic rings. The van der Waals surface area contributed by atoms with E-state index in [2.05, 4.69) is 30.7 Å². The lowest BCUT2D eigenvalue weighted by atomic mass is 10.1. The van der Waals surface area contributed by atoms with Crippen molar-refractivity contribution in [1.29, 1.82) is 5.41 Å². The Kier molecular flexibility index (Phi) is 9.81. The molecule has 0 unspecified atom stereocenters. The summed E-state index contributed by atoms with van der Waals surface area (Å²) >= 11 is 6.01. The molecule has 0 bridgehead atoms. The van der Waals surface area contributed by atoms with Gasteiger partial charge in [0, 0.05) is 23.7 Å². The summed E-state index contributed by atoms with van der Waals surface area (Å²) in [5.41, 5.74) is 3.79. The number of hydrogen-bond acceptors (Lipinski definition) is 8. The van der Waals surface area contributed by atoms with Crippen LogP contribution in [-0.2, 0) is 34.0 Å². The van der Waals surface area contributed by atoms with Gasteiger partial charge in [0.15, 0.2) is 6.40 Å². The summed E-state index contributed by atoms with van der Waals surface area (Å²) in [5, 5.41) is 15.9. The van der Waals surface area contributed by atoms with Crippen molar-refractivity contribution < 1.29 is 23.9 Å². The molecule has 0 spiro atoms. The van der Waals surface area contributed by atoms with Crippen LogP contribution in [0.15, 0.2) is 72.8 Å². The minimum Gasteiger partial charge on any atom is -0.445 e. The molecule has 4 rings (SSSR count). The van der Waals surface area contributed by atoms with Gasteiger partial charge in [-0.1, -0.05) is 54.1 Å². The molecule has 0 saturated heterocycles. The third-order valence-electron chi connectivity index (χ3n) is 5.76. The number of hydrogen-bond donors (Lipinski definition) is 5. The van der Waals surface area contributed by atoms with Crippen molar-refractivity contribution in [2.45, 2.75) is 25.7 Å². The number of rotatable bonds is 12. The highest BCUT2D eigenvalue weighted by atomic mass is 35.5. The number of benzene rings is 3. The maximum atomic E-state index is 12.7. The van der Waals surface area contributed by atoms with Gasteiger partial charge in [-0.05, 0) is 41.5 Å². The molecule has 12 heteroatoms. The number of halogens is 1. The zero-order valence-electron chi connectivity index (χ0n) is 21.3. The molecule has 2 amide bonds. The first-order chi connectivity index (χ1) is 19.4. The van der Waals surface area contributed by atoms with Crippen molar-refractivity contribution in [3.63, 3.8) is 0 Å². The number of nitrogens with zero attached hydrogens (tertiary/aromatic N) is 1. The summed E-state index contributed by atoms with van der Waals surface area (Å²) in [5.74, 6) is -0.588. The minimum absolute atomic E-state index is 0.000276. The van der Waals surface area contributed by atoms with Gasteiger partial charge in [-0.15, -0.1) is 0 Å². The largest absolute Gasteiger partial charge is 0.445 e. The standard InChI is InChI=1S/C28H27ClN6O5/c29-21-10-11-22-23(12-21)34-25(33-22)15-31-13-18-6-8-20(9-7-18)26(36)32-14-24(27(37)40-17-30)35-28(38)39-16-19-4-2-1-3-5-19/h1-12,17,24,30-31H,13-16H2,(H,32,36)(H,33,34)(H,35,38)/t24-/m0/s1. The second-order valence-corrected chi connectivity index (χ2v) is 9.11. The van der Waals surface area contributed by atoms with E-state index in [4.69, 9.17) is 21.7 Å². The van der Waals surface area contributed by atoms with E-state index in [1.165, 1.54) is 0 Å². The van der Waals surface area contributed by atoms with E-state index in [9.17, 15) is 14.4 Å². The van der Waals surface area contributed by atoms with Gasteiger partial charge in [-0.3, -0.25) is 10.2 Å². The molecule has 0 radical (unpaired) electrons. The van der Waals surface area contributed by atoms with E-state index in [0.717, 1.165) is 28.0 Å². The smallest absolute Gasteiger partial charge is 0.408 e. The summed E-state index contributed by atoms with van der Waals surface area (Å²) in [6.45, 7) is 0.798. The van der Waals surface area contributed by atoms with Crippen LogP contribution in [0, 0.1) is 5.41 Å². The van der Waals surface area contributed by atoms with Crippen LogP contribution in [0.25, 0.3) is 11.0 Å². The quantitative estimate of drug-likeness (QED) is 0.100. The zero-order valence-corrected chi connectivity index (χ0v) is 22.0. The average molecular weight is 563 g/mol. The topological polar surface area (TPSA) is 158 Å². The molecule has 3 aromatic carbocycles. The number of alkyl carbamates (subject to hydrolysis) is 1. The van der Waals surface area contributed by atoms with Crippen molar-refractivity contribution in [2.75, 3.05) is 6.54 Å². The van der Waals surface area contributed by atoms with E-state index in [0.29, 0.717) is 30.1 Å². The highest BCUT2D eigenvalue weighted by Gasteiger charge is 2.24. The lowest BCUT2D eigenvalue weighted by molar-refractivity contribution is -0.137. The third-order valence-corrected chi connectivity index (χ3v) is 6.00. The molecule has 5 N–H and O–H groups in total. The molecule has 0 fully saturated rings. The Hall–Kier alpha value is -4.74. The molecular weight excluding hydrogens is 536 g/mol. The molecule has 40 heavy (non-hydrogen) atoms. The number of fused-ring (bicyclic) bond motifs is 1. The number of esters is 1. The Morgan fingerprint density at radius 1 is 1.00 bits per heavy atom. The van der Waals surface area contributed by atoms with Crippen LogP contribution in [0.2, 0.25) is 5.02 Å². The van der Waals surface area contributed by atoms with Crippen molar-refractivity contribution in [2.24, 2.45) is 0 Å². The van der Waals surface area contributed by atoms with Crippen LogP contribution in [-0.4, -0.2) is 46.9 Å². The average Bonchev–Trinajstić information content (AvgIpc) is 3.36. The first kappa shape index (κ1) is 28.3. The highest BCUT2D eigenvalue weighted by Crippen LogP contribution is 2.17. The number of aromatic amines is 1. The molecule has 1 heterocycles. The fourth-order valence-corrected chi connectivity index (χ4v) is 3.92. The van der Waals surface area contributed by atoms with Crippen LogP contribution in [0.5, 0.6) is 0 Å². The third kappa shape index (κ3) is 8.13. The Morgan fingerprint density at radius 3 is 2.52 bits per heavy atom. The first-order valence-corrected chi connectivity index (χ1v) is 12.7.